The maximum Gasteiger partial charge on any atom is 0.317 e. The van der Waals surface area contributed by atoms with Crippen molar-refractivity contribution in [2.24, 2.45) is 5.92 Å². The minimum Gasteiger partial charge on any atom is -0.368 e. The van der Waals surface area contributed by atoms with Crippen molar-refractivity contribution < 1.29 is 9.59 Å². The van der Waals surface area contributed by atoms with Gasteiger partial charge in [0.2, 0.25) is 0 Å². The van der Waals surface area contributed by atoms with E-state index in [1.165, 1.54) is 0 Å². The zero-order valence-corrected chi connectivity index (χ0v) is 14.5. The molecule has 0 aromatic heterocycles. The molecule has 0 aliphatic carbocycles. The van der Waals surface area contributed by atoms with E-state index < -0.39 is 0 Å². The summed E-state index contributed by atoms with van der Waals surface area (Å²) in [6.45, 7) is 10.9. The molecule has 1 aliphatic heterocycles. The number of anilines is 1. The highest BCUT2D eigenvalue weighted by Crippen LogP contribution is 2.18. The van der Waals surface area contributed by atoms with Gasteiger partial charge in [0.05, 0.1) is 0 Å². The van der Waals surface area contributed by atoms with Crippen LogP contribution in [0.3, 0.4) is 0 Å². The van der Waals surface area contributed by atoms with Crippen LogP contribution in [0.25, 0.3) is 0 Å². The fourth-order valence-corrected chi connectivity index (χ4v) is 2.53. The molecule has 0 saturated carbocycles. The van der Waals surface area contributed by atoms with Crippen LogP contribution in [-0.2, 0) is 0 Å². The molecular weight excluding hydrogens is 290 g/mol. The number of benzene rings is 1. The zero-order chi connectivity index (χ0) is 17.0. The number of urea groups is 1. The minimum absolute atomic E-state index is 0.0257. The quantitative estimate of drug-likeness (QED) is 0.869. The third-order valence-electron chi connectivity index (χ3n) is 4.56. The summed E-state index contributed by atoms with van der Waals surface area (Å²) in [5, 5.41) is 3.05. The van der Waals surface area contributed by atoms with Crippen LogP contribution in [0.1, 0.15) is 38.1 Å². The summed E-state index contributed by atoms with van der Waals surface area (Å²) in [4.78, 5) is 27.7. The lowest BCUT2D eigenvalue weighted by atomic mass is 10.1. The maximum atomic E-state index is 12.2. The summed E-state index contributed by atoms with van der Waals surface area (Å²) in [6.07, 6.45) is 0. The second-order valence-electron chi connectivity index (χ2n) is 6.56. The van der Waals surface area contributed by atoms with E-state index in [4.69, 9.17) is 0 Å². The van der Waals surface area contributed by atoms with E-state index in [0.29, 0.717) is 19.0 Å². The van der Waals surface area contributed by atoms with Crippen LogP contribution in [0.4, 0.5) is 10.5 Å². The minimum atomic E-state index is 0.0257. The van der Waals surface area contributed by atoms with E-state index in [-0.39, 0.29) is 17.9 Å². The van der Waals surface area contributed by atoms with Gasteiger partial charge in [-0.15, -0.1) is 0 Å². The van der Waals surface area contributed by atoms with Crippen molar-refractivity contribution in [3.63, 3.8) is 0 Å². The van der Waals surface area contributed by atoms with Gasteiger partial charge >= 0.3 is 6.03 Å². The molecule has 2 rings (SSSR count). The number of carbonyl (C=O) groups excluding carboxylic acids is 2. The topological polar surface area (TPSA) is 52.7 Å². The first-order chi connectivity index (χ1) is 10.9. The van der Waals surface area contributed by atoms with Crippen LogP contribution in [0, 0.1) is 5.92 Å². The van der Waals surface area contributed by atoms with Crippen LogP contribution in [0.5, 0.6) is 0 Å². The van der Waals surface area contributed by atoms with Gasteiger partial charge in [-0.1, -0.05) is 13.8 Å². The summed E-state index contributed by atoms with van der Waals surface area (Å²) in [5.74, 6) is 0.511. The lowest BCUT2D eigenvalue weighted by molar-refractivity contribution is 0.101. The van der Waals surface area contributed by atoms with Gasteiger partial charge in [-0.05, 0) is 44.0 Å². The van der Waals surface area contributed by atoms with Crippen LogP contribution in [0.2, 0.25) is 0 Å². The van der Waals surface area contributed by atoms with E-state index in [1.807, 2.05) is 36.1 Å². The largest absolute Gasteiger partial charge is 0.368 e. The number of Topliss-reactive ketones (excluding diaryl/α,β-unsaturated/α-hetero) is 1. The molecule has 1 atom stereocenters. The molecule has 126 valence electrons. The Balaban J connectivity index is 1.88. The molecule has 1 heterocycles. The average molecular weight is 317 g/mol. The molecule has 23 heavy (non-hydrogen) atoms. The molecule has 0 bridgehead atoms. The normalized spacial score (nSPS) is 16.4. The molecule has 1 saturated heterocycles. The van der Waals surface area contributed by atoms with Crippen molar-refractivity contribution in [3.05, 3.63) is 29.8 Å². The zero-order valence-electron chi connectivity index (χ0n) is 14.5. The fraction of sp³-hybridized carbons (Fsp3) is 0.556. The van der Waals surface area contributed by atoms with E-state index in [1.54, 1.807) is 6.92 Å². The fourth-order valence-electron chi connectivity index (χ4n) is 2.53. The standard InChI is InChI=1S/C18H27N3O2/c1-13(2)14(3)19-18(23)21-11-9-20(10-12-21)17-7-5-16(6-8-17)15(4)22/h5-8,13-14H,9-12H2,1-4H3,(H,19,23). The van der Waals surface area contributed by atoms with Gasteiger partial charge < -0.3 is 15.1 Å². The molecule has 0 radical (unpaired) electrons. The first-order valence-electron chi connectivity index (χ1n) is 8.30. The summed E-state index contributed by atoms with van der Waals surface area (Å²) in [7, 11) is 0. The summed E-state index contributed by atoms with van der Waals surface area (Å²) >= 11 is 0. The molecule has 1 fully saturated rings. The van der Waals surface area contributed by atoms with Crippen molar-refractivity contribution in [1.82, 2.24) is 10.2 Å². The first kappa shape index (κ1) is 17.3. The van der Waals surface area contributed by atoms with Crippen LogP contribution in [0.15, 0.2) is 24.3 Å². The second-order valence-corrected chi connectivity index (χ2v) is 6.56. The number of nitrogens with one attached hydrogen (secondary N) is 1. The number of carbonyl (C=O) groups is 2. The third kappa shape index (κ3) is 4.47. The Morgan fingerprint density at radius 1 is 1.00 bits per heavy atom. The Labute approximate surface area is 138 Å². The molecule has 1 aromatic rings. The summed E-state index contributed by atoms with van der Waals surface area (Å²) in [5.41, 5.74) is 1.83. The maximum absolute atomic E-state index is 12.2. The SMILES string of the molecule is CC(=O)c1ccc(N2CCN(C(=O)NC(C)C(C)C)CC2)cc1. The van der Waals surface area contributed by atoms with E-state index >= 15 is 0 Å². The number of ketones is 1. The predicted octanol–water partition coefficient (Wildman–Crippen LogP) is 2.77. The number of rotatable bonds is 4. The number of hydrogen-bond donors (Lipinski definition) is 1. The molecular formula is C18H27N3O2. The van der Waals surface area contributed by atoms with Gasteiger partial charge in [0.25, 0.3) is 0 Å². The summed E-state index contributed by atoms with van der Waals surface area (Å²) < 4.78 is 0. The lowest BCUT2D eigenvalue weighted by Gasteiger charge is -2.36. The van der Waals surface area contributed by atoms with Crippen molar-refractivity contribution in [2.75, 3.05) is 31.1 Å². The number of piperazine rings is 1. The van der Waals surface area contributed by atoms with Crippen molar-refractivity contribution in [1.29, 1.82) is 0 Å². The molecule has 2 amide bonds. The highest BCUT2D eigenvalue weighted by atomic mass is 16.2. The number of hydrogen-bond acceptors (Lipinski definition) is 3. The Kier molecular flexibility index (Phi) is 5.64. The van der Waals surface area contributed by atoms with Crippen LogP contribution in [-0.4, -0.2) is 48.9 Å². The monoisotopic (exact) mass is 317 g/mol. The highest BCUT2D eigenvalue weighted by Gasteiger charge is 2.22. The highest BCUT2D eigenvalue weighted by molar-refractivity contribution is 5.94. The molecule has 1 aromatic carbocycles. The Hall–Kier alpha value is -2.04. The van der Waals surface area contributed by atoms with Crippen LogP contribution >= 0.6 is 0 Å². The average Bonchev–Trinajstić information content (AvgIpc) is 2.55. The number of nitrogens with zero attached hydrogens (tertiary/aromatic N) is 2. The number of amides is 2. The van der Waals surface area contributed by atoms with Crippen molar-refractivity contribution >= 4 is 17.5 Å². The second kappa shape index (κ2) is 7.49. The van der Waals surface area contributed by atoms with Gasteiger partial charge in [0, 0.05) is 43.5 Å². The van der Waals surface area contributed by atoms with Gasteiger partial charge in [-0.25, -0.2) is 4.79 Å². The molecule has 1 aliphatic rings. The van der Waals surface area contributed by atoms with E-state index in [0.717, 1.165) is 24.3 Å². The van der Waals surface area contributed by atoms with E-state index in [9.17, 15) is 9.59 Å². The molecule has 5 nitrogen and oxygen atoms in total. The Bertz CT molecular complexity index is 546. The Morgan fingerprint density at radius 3 is 2.04 bits per heavy atom. The van der Waals surface area contributed by atoms with Crippen molar-refractivity contribution in [3.8, 4) is 0 Å². The molecule has 1 unspecified atom stereocenters. The van der Waals surface area contributed by atoms with Gasteiger partial charge in [0.1, 0.15) is 0 Å². The van der Waals surface area contributed by atoms with Crippen LogP contribution < -0.4 is 10.2 Å². The van der Waals surface area contributed by atoms with Crippen molar-refractivity contribution in [2.45, 2.75) is 33.7 Å². The molecule has 1 N–H and O–H groups in total. The third-order valence-corrected chi connectivity index (χ3v) is 4.56. The Morgan fingerprint density at radius 2 is 1.57 bits per heavy atom. The summed E-state index contributed by atoms with van der Waals surface area (Å²) in [6, 6.07) is 7.89. The van der Waals surface area contributed by atoms with E-state index in [2.05, 4.69) is 24.1 Å². The van der Waals surface area contributed by atoms with Gasteiger partial charge in [-0.3, -0.25) is 4.79 Å². The lowest BCUT2D eigenvalue weighted by Crippen LogP contribution is -2.53. The molecule has 5 heteroatoms. The smallest absolute Gasteiger partial charge is 0.317 e. The molecule has 0 spiro atoms. The first-order valence-corrected chi connectivity index (χ1v) is 8.30. The van der Waals surface area contributed by atoms with Gasteiger partial charge in [-0.2, -0.15) is 0 Å². The van der Waals surface area contributed by atoms with Gasteiger partial charge in [0.15, 0.2) is 5.78 Å². The predicted molar refractivity (Wildman–Crippen MR) is 93.1 cm³/mol.